The highest BCUT2D eigenvalue weighted by atomic mass is 16.5. The van der Waals surface area contributed by atoms with Gasteiger partial charge in [0.05, 0.1) is 6.10 Å². The molecule has 1 aromatic rings. The first kappa shape index (κ1) is 20.5. The van der Waals surface area contributed by atoms with E-state index in [1.54, 1.807) is 0 Å². The Labute approximate surface area is 147 Å². The van der Waals surface area contributed by atoms with Crippen molar-refractivity contribution in [3.05, 3.63) is 18.5 Å². The summed E-state index contributed by atoms with van der Waals surface area (Å²) in [5, 5.41) is 11.0. The van der Waals surface area contributed by atoms with Gasteiger partial charge in [-0.25, -0.2) is 0 Å². The van der Waals surface area contributed by atoms with Crippen molar-refractivity contribution in [3.8, 4) is 0 Å². The van der Waals surface area contributed by atoms with E-state index in [4.69, 9.17) is 9.73 Å². The fraction of sp³-hybridized carbons (Fsp3) is 0.778. The van der Waals surface area contributed by atoms with Gasteiger partial charge in [-0.15, -0.1) is 0 Å². The molecular formula is C18H35N5O. The van der Waals surface area contributed by atoms with Crippen LogP contribution in [0.3, 0.4) is 0 Å². The van der Waals surface area contributed by atoms with Crippen LogP contribution in [0.25, 0.3) is 0 Å². The number of hydrogen-bond acceptors (Lipinski definition) is 3. The number of rotatable bonds is 11. The van der Waals surface area contributed by atoms with E-state index in [1.807, 2.05) is 23.1 Å². The minimum atomic E-state index is 0.295. The molecule has 0 fully saturated rings. The quantitative estimate of drug-likeness (QED) is 0.481. The fourth-order valence-electron chi connectivity index (χ4n) is 2.53. The van der Waals surface area contributed by atoms with Crippen molar-refractivity contribution in [3.63, 3.8) is 0 Å². The van der Waals surface area contributed by atoms with Crippen molar-refractivity contribution in [2.45, 2.75) is 53.7 Å². The van der Waals surface area contributed by atoms with E-state index in [-0.39, 0.29) is 0 Å². The molecule has 1 heterocycles. The number of aliphatic imine (C=N–C) groups is 1. The molecule has 0 saturated carbocycles. The predicted octanol–water partition coefficient (Wildman–Crippen LogP) is 2.53. The summed E-state index contributed by atoms with van der Waals surface area (Å²) >= 11 is 0. The number of guanidine groups is 1. The van der Waals surface area contributed by atoms with Gasteiger partial charge in [0.25, 0.3) is 0 Å². The van der Waals surface area contributed by atoms with Gasteiger partial charge < -0.3 is 15.4 Å². The second-order valence-corrected chi connectivity index (χ2v) is 6.51. The highest BCUT2D eigenvalue weighted by molar-refractivity contribution is 5.79. The van der Waals surface area contributed by atoms with Crippen LogP contribution in [0, 0.1) is 11.8 Å². The SMILES string of the molecule is CCNC(=NCC(C)Cn1cccn1)NCCC(OCC)C(C)C. The molecule has 2 N–H and O–H groups in total. The molecule has 0 amide bonds. The molecule has 0 aromatic carbocycles. The molecule has 2 atom stereocenters. The molecule has 2 unspecified atom stereocenters. The lowest BCUT2D eigenvalue weighted by molar-refractivity contribution is 0.0258. The molecule has 0 spiro atoms. The van der Waals surface area contributed by atoms with Crippen LogP contribution in [0.1, 0.15) is 41.0 Å². The average Bonchev–Trinajstić information content (AvgIpc) is 3.04. The number of nitrogens with zero attached hydrogens (tertiary/aromatic N) is 3. The lowest BCUT2D eigenvalue weighted by Crippen LogP contribution is -2.39. The molecule has 0 bridgehead atoms. The number of nitrogens with one attached hydrogen (secondary N) is 2. The Morgan fingerprint density at radius 1 is 1.25 bits per heavy atom. The number of aromatic nitrogens is 2. The van der Waals surface area contributed by atoms with Crippen LogP contribution >= 0.6 is 0 Å². The van der Waals surface area contributed by atoms with Gasteiger partial charge in [0.2, 0.25) is 0 Å². The molecule has 6 nitrogen and oxygen atoms in total. The van der Waals surface area contributed by atoms with Crippen LogP contribution in [0.5, 0.6) is 0 Å². The average molecular weight is 338 g/mol. The zero-order chi connectivity index (χ0) is 17.8. The van der Waals surface area contributed by atoms with Crippen LogP contribution in [0.4, 0.5) is 0 Å². The van der Waals surface area contributed by atoms with E-state index in [0.717, 1.165) is 45.2 Å². The van der Waals surface area contributed by atoms with E-state index in [1.165, 1.54) is 0 Å². The van der Waals surface area contributed by atoms with Crippen LogP contribution in [0.15, 0.2) is 23.5 Å². The van der Waals surface area contributed by atoms with Gasteiger partial charge in [0.15, 0.2) is 5.96 Å². The van der Waals surface area contributed by atoms with Crippen molar-refractivity contribution in [1.29, 1.82) is 0 Å². The smallest absolute Gasteiger partial charge is 0.191 e. The Morgan fingerprint density at radius 3 is 2.62 bits per heavy atom. The third-order valence-electron chi connectivity index (χ3n) is 3.81. The molecule has 0 aliphatic rings. The first-order valence-corrected chi connectivity index (χ1v) is 9.17. The topological polar surface area (TPSA) is 63.5 Å². The van der Waals surface area contributed by atoms with E-state index < -0.39 is 0 Å². The van der Waals surface area contributed by atoms with Gasteiger partial charge in [0.1, 0.15) is 0 Å². The van der Waals surface area contributed by atoms with Gasteiger partial charge in [-0.2, -0.15) is 5.10 Å². The summed E-state index contributed by atoms with van der Waals surface area (Å²) in [5.74, 6) is 1.84. The Hall–Kier alpha value is -1.56. The van der Waals surface area contributed by atoms with Gasteiger partial charge in [0, 0.05) is 45.2 Å². The minimum absolute atomic E-state index is 0.295. The summed E-state index contributed by atoms with van der Waals surface area (Å²) in [6, 6.07) is 1.95. The van der Waals surface area contributed by atoms with Gasteiger partial charge in [-0.1, -0.05) is 20.8 Å². The Kier molecular flexibility index (Phi) is 10.2. The number of hydrogen-bond donors (Lipinski definition) is 2. The monoisotopic (exact) mass is 337 g/mol. The molecule has 138 valence electrons. The second kappa shape index (κ2) is 11.9. The van der Waals surface area contributed by atoms with Crippen molar-refractivity contribution in [2.24, 2.45) is 16.8 Å². The Bertz CT molecular complexity index is 444. The molecule has 0 saturated heterocycles. The lowest BCUT2D eigenvalue weighted by atomic mass is 10.0. The second-order valence-electron chi connectivity index (χ2n) is 6.51. The summed E-state index contributed by atoms with van der Waals surface area (Å²) < 4.78 is 7.75. The molecule has 0 aliphatic heterocycles. The third-order valence-corrected chi connectivity index (χ3v) is 3.81. The minimum Gasteiger partial charge on any atom is -0.378 e. The summed E-state index contributed by atoms with van der Waals surface area (Å²) in [4.78, 5) is 4.69. The molecular weight excluding hydrogens is 302 g/mol. The molecule has 0 radical (unpaired) electrons. The summed E-state index contributed by atoms with van der Waals surface area (Å²) in [7, 11) is 0. The van der Waals surface area contributed by atoms with E-state index >= 15 is 0 Å². The lowest BCUT2D eigenvalue weighted by Gasteiger charge is -2.21. The number of ether oxygens (including phenoxy) is 1. The highest BCUT2D eigenvalue weighted by Gasteiger charge is 2.13. The third kappa shape index (κ3) is 8.34. The summed E-state index contributed by atoms with van der Waals surface area (Å²) in [6.45, 7) is 14.9. The maximum absolute atomic E-state index is 5.79. The van der Waals surface area contributed by atoms with Crippen molar-refractivity contribution in [2.75, 3.05) is 26.2 Å². The van der Waals surface area contributed by atoms with Crippen LogP contribution < -0.4 is 10.6 Å². The summed E-state index contributed by atoms with van der Waals surface area (Å²) in [6.07, 6.45) is 5.08. The largest absolute Gasteiger partial charge is 0.378 e. The van der Waals surface area contributed by atoms with E-state index in [9.17, 15) is 0 Å². The van der Waals surface area contributed by atoms with Gasteiger partial charge >= 0.3 is 0 Å². The zero-order valence-electron chi connectivity index (χ0n) is 16.0. The Morgan fingerprint density at radius 2 is 2.04 bits per heavy atom. The van der Waals surface area contributed by atoms with E-state index in [0.29, 0.717) is 17.9 Å². The molecule has 1 aromatic heterocycles. The van der Waals surface area contributed by atoms with Crippen LogP contribution in [0.2, 0.25) is 0 Å². The zero-order valence-corrected chi connectivity index (χ0v) is 16.0. The molecule has 6 heteroatoms. The van der Waals surface area contributed by atoms with Crippen molar-refractivity contribution >= 4 is 5.96 Å². The van der Waals surface area contributed by atoms with Crippen molar-refractivity contribution in [1.82, 2.24) is 20.4 Å². The van der Waals surface area contributed by atoms with Crippen LogP contribution in [-0.4, -0.2) is 48.1 Å². The fourth-order valence-corrected chi connectivity index (χ4v) is 2.53. The van der Waals surface area contributed by atoms with Gasteiger partial charge in [-0.3, -0.25) is 9.67 Å². The normalized spacial score (nSPS) is 14.7. The summed E-state index contributed by atoms with van der Waals surface area (Å²) in [5.41, 5.74) is 0. The van der Waals surface area contributed by atoms with Gasteiger partial charge in [-0.05, 0) is 38.2 Å². The van der Waals surface area contributed by atoms with E-state index in [2.05, 4.69) is 50.4 Å². The van der Waals surface area contributed by atoms with Crippen molar-refractivity contribution < 1.29 is 4.74 Å². The predicted molar refractivity (Wildman–Crippen MR) is 100 cm³/mol. The Balaban J connectivity index is 2.41. The maximum Gasteiger partial charge on any atom is 0.191 e. The standard InChI is InChI=1S/C18H35N5O/c1-6-19-18(20-11-9-17(15(3)4)24-7-2)21-13-16(5)14-23-12-8-10-22-23/h8,10,12,15-17H,6-7,9,11,13-14H2,1-5H3,(H2,19,20,21). The maximum atomic E-state index is 5.79. The molecule has 0 aliphatic carbocycles. The first-order valence-electron chi connectivity index (χ1n) is 9.17. The molecule has 1 rings (SSSR count). The highest BCUT2D eigenvalue weighted by Crippen LogP contribution is 2.09. The van der Waals surface area contributed by atoms with Crippen LogP contribution in [-0.2, 0) is 11.3 Å². The first-order chi connectivity index (χ1) is 11.6. The molecule has 24 heavy (non-hydrogen) atoms.